The van der Waals surface area contributed by atoms with E-state index >= 15 is 0 Å². The van der Waals surface area contributed by atoms with Crippen LogP contribution in [0, 0.1) is 0 Å². The van der Waals surface area contributed by atoms with Crippen LogP contribution in [-0.2, 0) is 6.54 Å². The second kappa shape index (κ2) is 7.14. The monoisotopic (exact) mass is 239 g/mol. The lowest BCUT2D eigenvalue weighted by atomic mass is 10.1. The first-order valence-electron chi connectivity index (χ1n) is 5.80. The molecule has 1 aromatic carbocycles. The second-order valence-corrected chi connectivity index (χ2v) is 3.82. The number of aliphatic hydroxyl groups is 1. The Balaban J connectivity index is 2.76. The number of ether oxygens (including phenoxy) is 2. The fraction of sp³-hybridized carbons (Fsp3) is 0.538. The van der Waals surface area contributed by atoms with Crippen molar-refractivity contribution in [3.05, 3.63) is 23.8 Å². The minimum absolute atomic E-state index is 0.117. The SMILES string of the molecule is CC[C@H](CO)NCc1cccc(OC)c1OC. The van der Waals surface area contributed by atoms with Gasteiger partial charge in [-0.1, -0.05) is 19.1 Å². The number of hydrogen-bond acceptors (Lipinski definition) is 4. The zero-order chi connectivity index (χ0) is 12.7. The van der Waals surface area contributed by atoms with E-state index in [2.05, 4.69) is 5.32 Å². The molecular formula is C13H21NO3. The number of methoxy groups -OCH3 is 2. The summed E-state index contributed by atoms with van der Waals surface area (Å²) in [7, 11) is 3.25. The Kier molecular flexibility index (Phi) is 5.80. The van der Waals surface area contributed by atoms with Gasteiger partial charge < -0.3 is 19.9 Å². The van der Waals surface area contributed by atoms with E-state index in [1.54, 1.807) is 14.2 Å². The molecular weight excluding hydrogens is 218 g/mol. The van der Waals surface area contributed by atoms with E-state index in [-0.39, 0.29) is 12.6 Å². The summed E-state index contributed by atoms with van der Waals surface area (Å²) in [5, 5.41) is 12.4. The van der Waals surface area contributed by atoms with Crippen LogP contribution in [0.1, 0.15) is 18.9 Å². The zero-order valence-electron chi connectivity index (χ0n) is 10.7. The highest BCUT2D eigenvalue weighted by atomic mass is 16.5. The highest BCUT2D eigenvalue weighted by molar-refractivity contribution is 5.46. The van der Waals surface area contributed by atoms with Gasteiger partial charge in [0, 0.05) is 18.2 Å². The number of aliphatic hydroxyl groups excluding tert-OH is 1. The van der Waals surface area contributed by atoms with Crippen molar-refractivity contribution in [3.63, 3.8) is 0 Å². The van der Waals surface area contributed by atoms with E-state index in [4.69, 9.17) is 14.6 Å². The van der Waals surface area contributed by atoms with E-state index in [0.717, 1.165) is 23.5 Å². The average molecular weight is 239 g/mol. The lowest BCUT2D eigenvalue weighted by Gasteiger charge is -2.17. The predicted octanol–water partition coefficient (Wildman–Crippen LogP) is 1.56. The van der Waals surface area contributed by atoms with E-state index in [0.29, 0.717) is 6.54 Å². The number of benzene rings is 1. The molecule has 0 amide bonds. The van der Waals surface area contributed by atoms with Crippen molar-refractivity contribution in [2.75, 3.05) is 20.8 Å². The Morgan fingerprint density at radius 3 is 2.59 bits per heavy atom. The quantitative estimate of drug-likeness (QED) is 0.758. The second-order valence-electron chi connectivity index (χ2n) is 3.82. The molecule has 96 valence electrons. The van der Waals surface area contributed by atoms with Crippen molar-refractivity contribution in [1.82, 2.24) is 5.32 Å². The van der Waals surface area contributed by atoms with Gasteiger partial charge in [0.25, 0.3) is 0 Å². The maximum Gasteiger partial charge on any atom is 0.165 e. The van der Waals surface area contributed by atoms with Crippen LogP contribution in [0.4, 0.5) is 0 Å². The van der Waals surface area contributed by atoms with Gasteiger partial charge in [-0.05, 0) is 12.5 Å². The van der Waals surface area contributed by atoms with Crippen LogP contribution in [0.5, 0.6) is 11.5 Å². The molecule has 4 nitrogen and oxygen atoms in total. The van der Waals surface area contributed by atoms with Crippen LogP contribution in [0.2, 0.25) is 0 Å². The van der Waals surface area contributed by atoms with E-state index in [9.17, 15) is 0 Å². The van der Waals surface area contributed by atoms with Gasteiger partial charge >= 0.3 is 0 Å². The van der Waals surface area contributed by atoms with Gasteiger partial charge in [0.1, 0.15) is 0 Å². The Labute approximate surface area is 103 Å². The summed E-state index contributed by atoms with van der Waals surface area (Å²) < 4.78 is 10.6. The fourth-order valence-corrected chi connectivity index (χ4v) is 1.69. The summed E-state index contributed by atoms with van der Waals surface area (Å²) in [4.78, 5) is 0. The molecule has 0 unspecified atom stereocenters. The van der Waals surface area contributed by atoms with Gasteiger partial charge in [0.15, 0.2) is 11.5 Å². The van der Waals surface area contributed by atoms with Gasteiger partial charge in [0.2, 0.25) is 0 Å². The van der Waals surface area contributed by atoms with Crippen LogP contribution in [0.25, 0.3) is 0 Å². The normalized spacial score (nSPS) is 12.2. The van der Waals surface area contributed by atoms with Crippen molar-refractivity contribution >= 4 is 0 Å². The minimum atomic E-state index is 0.117. The molecule has 0 fully saturated rings. The van der Waals surface area contributed by atoms with E-state index in [1.807, 2.05) is 25.1 Å². The largest absolute Gasteiger partial charge is 0.493 e. The zero-order valence-corrected chi connectivity index (χ0v) is 10.7. The molecule has 0 radical (unpaired) electrons. The fourth-order valence-electron chi connectivity index (χ4n) is 1.69. The lowest BCUT2D eigenvalue weighted by Crippen LogP contribution is -2.31. The van der Waals surface area contributed by atoms with Crippen molar-refractivity contribution in [2.24, 2.45) is 0 Å². The first-order chi connectivity index (χ1) is 8.26. The summed E-state index contributed by atoms with van der Waals surface area (Å²) in [6, 6.07) is 5.90. The van der Waals surface area contributed by atoms with Gasteiger partial charge in [0.05, 0.1) is 20.8 Å². The van der Waals surface area contributed by atoms with Crippen LogP contribution in [0.3, 0.4) is 0 Å². The van der Waals surface area contributed by atoms with Crippen LogP contribution < -0.4 is 14.8 Å². The van der Waals surface area contributed by atoms with Gasteiger partial charge in [-0.25, -0.2) is 0 Å². The highest BCUT2D eigenvalue weighted by Gasteiger charge is 2.10. The summed E-state index contributed by atoms with van der Waals surface area (Å²) in [6.45, 7) is 2.83. The summed E-state index contributed by atoms with van der Waals surface area (Å²) in [6.07, 6.45) is 0.892. The molecule has 0 spiro atoms. The molecule has 0 aromatic heterocycles. The number of para-hydroxylation sites is 1. The van der Waals surface area contributed by atoms with Crippen molar-refractivity contribution in [2.45, 2.75) is 25.9 Å². The van der Waals surface area contributed by atoms with Crippen molar-refractivity contribution in [1.29, 1.82) is 0 Å². The standard InChI is InChI=1S/C13H21NO3/c1-4-11(9-15)14-8-10-6-5-7-12(16-2)13(10)17-3/h5-7,11,14-15H,4,8-9H2,1-3H3/t11-/m1/s1. The third-order valence-corrected chi connectivity index (χ3v) is 2.78. The first-order valence-corrected chi connectivity index (χ1v) is 5.80. The van der Waals surface area contributed by atoms with Gasteiger partial charge in [-0.2, -0.15) is 0 Å². The Morgan fingerprint density at radius 1 is 1.29 bits per heavy atom. The molecule has 1 aromatic rings. The molecule has 0 bridgehead atoms. The topological polar surface area (TPSA) is 50.7 Å². The van der Waals surface area contributed by atoms with Gasteiger partial charge in [-0.3, -0.25) is 0 Å². The maximum absolute atomic E-state index is 9.11. The molecule has 2 N–H and O–H groups in total. The molecule has 0 saturated carbocycles. The van der Waals surface area contributed by atoms with Crippen LogP contribution in [0.15, 0.2) is 18.2 Å². The summed E-state index contributed by atoms with van der Waals surface area (Å²) in [5.41, 5.74) is 1.03. The van der Waals surface area contributed by atoms with E-state index < -0.39 is 0 Å². The Morgan fingerprint density at radius 2 is 2.06 bits per heavy atom. The maximum atomic E-state index is 9.11. The number of nitrogens with one attached hydrogen (secondary N) is 1. The molecule has 0 heterocycles. The molecule has 4 heteroatoms. The number of hydrogen-bond donors (Lipinski definition) is 2. The third-order valence-electron chi connectivity index (χ3n) is 2.78. The Hall–Kier alpha value is -1.26. The van der Waals surface area contributed by atoms with Crippen LogP contribution >= 0.6 is 0 Å². The average Bonchev–Trinajstić information content (AvgIpc) is 2.39. The summed E-state index contributed by atoms with van der Waals surface area (Å²) >= 11 is 0. The summed E-state index contributed by atoms with van der Waals surface area (Å²) in [5.74, 6) is 1.47. The predicted molar refractivity (Wildman–Crippen MR) is 67.6 cm³/mol. The van der Waals surface area contributed by atoms with Crippen molar-refractivity contribution in [3.8, 4) is 11.5 Å². The molecule has 0 aliphatic heterocycles. The van der Waals surface area contributed by atoms with Crippen molar-refractivity contribution < 1.29 is 14.6 Å². The highest BCUT2D eigenvalue weighted by Crippen LogP contribution is 2.30. The molecule has 0 aliphatic rings. The first kappa shape index (κ1) is 13.8. The van der Waals surface area contributed by atoms with Crippen LogP contribution in [-0.4, -0.2) is 32.0 Å². The third kappa shape index (κ3) is 3.61. The van der Waals surface area contributed by atoms with E-state index in [1.165, 1.54) is 0 Å². The molecule has 0 saturated heterocycles. The van der Waals surface area contributed by atoms with Gasteiger partial charge in [-0.15, -0.1) is 0 Å². The molecule has 1 atom stereocenters. The molecule has 0 aliphatic carbocycles. The minimum Gasteiger partial charge on any atom is -0.493 e. The Bertz CT molecular complexity index is 337. The lowest BCUT2D eigenvalue weighted by molar-refractivity contribution is 0.237. The molecule has 17 heavy (non-hydrogen) atoms. The smallest absolute Gasteiger partial charge is 0.165 e. The molecule has 1 rings (SSSR count). The number of rotatable bonds is 7.